The first-order valence-electron chi connectivity index (χ1n) is 8.22. The van der Waals surface area contributed by atoms with E-state index in [1.807, 2.05) is 49.5 Å². The molecule has 0 bridgehead atoms. The van der Waals surface area contributed by atoms with Gasteiger partial charge in [-0.2, -0.15) is 0 Å². The standard InChI is InChI=1S/C20H14N4OS/c1-12-11-24-17(10-21-12)23-18(13-5-3-2-4-6-13)19(24)14-7-8-15-16(9-14)26-20(25)22-15/h2-11H,1H3,(H,22,25). The fourth-order valence-corrected chi connectivity index (χ4v) is 3.99. The number of aromatic amines is 1. The average molecular weight is 358 g/mol. The molecular weight excluding hydrogens is 344 g/mol. The summed E-state index contributed by atoms with van der Waals surface area (Å²) in [6.45, 7) is 1.96. The Morgan fingerprint density at radius 2 is 1.92 bits per heavy atom. The third-order valence-corrected chi connectivity index (χ3v) is 5.22. The number of hydrogen-bond acceptors (Lipinski definition) is 4. The zero-order valence-electron chi connectivity index (χ0n) is 13.9. The van der Waals surface area contributed by atoms with Crippen molar-refractivity contribution >= 4 is 27.2 Å². The zero-order valence-corrected chi connectivity index (χ0v) is 14.7. The first kappa shape index (κ1) is 15.0. The van der Waals surface area contributed by atoms with Crippen molar-refractivity contribution in [1.82, 2.24) is 19.4 Å². The van der Waals surface area contributed by atoms with Gasteiger partial charge in [0, 0.05) is 17.3 Å². The van der Waals surface area contributed by atoms with Gasteiger partial charge < -0.3 is 4.98 Å². The minimum atomic E-state index is -0.0429. The molecule has 3 aromatic heterocycles. The molecule has 0 aliphatic heterocycles. The van der Waals surface area contributed by atoms with Gasteiger partial charge in [-0.3, -0.25) is 14.2 Å². The van der Waals surface area contributed by atoms with Gasteiger partial charge in [0.15, 0.2) is 5.65 Å². The van der Waals surface area contributed by atoms with Crippen LogP contribution in [0, 0.1) is 6.92 Å². The van der Waals surface area contributed by atoms with Crippen LogP contribution in [0.3, 0.4) is 0 Å². The van der Waals surface area contributed by atoms with E-state index < -0.39 is 0 Å². The Balaban J connectivity index is 1.86. The molecule has 0 spiro atoms. The Hall–Kier alpha value is -3.25. The lowest BCUT2D eigenvalue weighted by molar-refractivity contribution is 1.07. The molecule has 0 unspecified atom stereocenters. The summed E-state index contributed by atoms with van der Waals surface area (Å²) in [6.07, 6.45) is 3.78. The van der Waals surface area contributed by atoms with Gasteiger partial charge in [-0.1, -0.05) is 47.7 Å². The third-order valence-electron chi connectivity index (χ3n) is 4.38. The van der Waals surface area contributed by atoms with Crippen LogP contribution in [0.5, 0.6) is 0 Å². The van der Waals surface area contributed by atoms with Crippen molar-refractivity contribution in [2.24, 2.45) is 0 Å². The van der Waals surface area contributed by atoms with Crippen molar-refractivity contribution in [2.45, 2.75) is 6.92 Å². The first-order valence-corrected chi connectivity index (χ1v) is 9.04. The van der Waals surface area contributed by atoms with Gasteiger partial charge in [0.25, 0.3) is 0 Å². The highest BCUT2D eigenvalue weighted by atomic mass is 32.1. The van der Waals surface area contributed by atoms with Crippen molar-refractivity contribution in [3.63, 3.8) is 0 Å². The maximum Gasteiger partial charge on any atom is 0.305 e. The predicted molar refractivity (Wildman–Crippen MR) is 105 cm³/mol. The fraction of sp³-hybridized carbons (Fsp3) is 0.0500. The van der Waals surface area contributed by atoms with Crippen molar-refractivity contribution in [3.8, 4) is 22.5 Å². The number of imidazole rings is 1. The van der Waals surface area contributed by atoms with E-state index in [0.717, 1.165) is 44.1 Å². The molecule has 26 heavy (non-hydrogen) atoms. The summed E-state index contributed by atoms with van der Waals surface area (Å²) in [6, 6.07) is 16.1. The number of thiazole rings is 1. The van der Waals surface area contributed by atoms with Crippen LogP contribution in [0.4, 0.5) is 0 Å². The number of aromatic nitrogens is 4. The molecule has 0 saturated heterocycles. The number of hydrogen-bond donors (Lipinski definition) is 1. The van der Waals surface area contributed by atoms with Crippen LogP contribution in [-0.4, -0.2) is 19.4 Å². The first-order chi connectivity index (χ1) is 12.7. The second kappa shape index (κ2) is 5.64. The van der Waals surface area contributed by atoms with E-state index in [4.69, 9.17) is 4.98 Å². The molecule has 2 aromatic carbocycles. The summed E-state index contributed by atoms with van der Waals surface area (Å²) < 4.78 is 3.01. The number of nitrogens with zero attached hydrogens (tertiary/aromatic N) is 3. The lowest BCUT2D eigenvalue weighted by Crippen LogP contribution is -1.92. The summed E-state index contributed by atoms with van der Waals surface area (Å²) in [5.41, 5.74) is 6.54. The van der Waals surface area contributed by atoms with Gasteiger partial charge in [0.05, 0.1) is 33.5 Å². The molecule has 0 fully saturated rings. The minimum absolute atomic E-state index is 0.0429. The number of aryl methyl sites for hydroxylation is 1. The number of benzene rings is 2. The normalized spacial score (nSPS) is 11.4. The predicted octanol–water partition coefficient (Wildman–Crippen LogP) is 4.27. The van der Waals surface area contributed by atoms with E-state index in [1.165, 1.54) is 11.3 Å². The minimum Gasteiger partial charge on any atom is -0.312 e. The van der Waals surface area contributed by atoms with Crippen molar-refractivity contribution in [1.29, 1.82) is 0 Å². The smallest absolute Gasteiger partial charge is 0.305 e. The summed E-state index contributed by atoms with van der Waals surface area (Å²) in [4.78, 5) is 23.7. The van der Waals surface area contributed by atoms with Gasteiger partial charge >= 0.3 is 4.87 Å². The number of fused-ring (bicyclic) bond motifs is 2. The van der Waals surface area contributed by atoms with E-state index in [9.17, 15) is 4.79 Å². The summed E-state index contributed by atoms with van der Waals surface area (Å²) >= 11 is 1.22. The third kappa shape index (κ3) is 2.34. The van der Waals surface area contributed by atoms with Crippen LogP contribution in [-0.2, 0) is 0 Å². The molecule has 5 nitrogen and oxygen atoms in total. The molecule has 0 saturated carbocycles. The lowest BCUT2D eigenvalue weighted by Gasteiger charge is -2.06. The maximum atomic E-state index is 11.7. The molecule has 5 rings (SSSR count). The maximum absolute atomic E-state index is 11.7. The SMILES string of the molecule is Cc1cn2c(-c3ccc4[nH]c(=O)sc4c3)c(-c3ccccc3)nc2cn1. The fourth-order valence-electron chi connectivity index (χ4n) is 3.22. The molecule has 5 aromatic rings. The Morgan fingerprint density at radius 3 is 2.77 bits per heavy atom. The van der Waals surface area contributed by atoms with Gasteiger partial charge in [-0.05, 0) is 19.1 Å². The summed E-state index contributed by atoms with van der Waals surface area (Å²) in [7, 11) is 0. The number of H-pyrrole nitrogens is 1. The topological polar surface area (TPSA) is 63.0 Å². The quantitative estimate of drug-likeness (QED) is 0.512. The number of rotatable bonds is 2. The zero-order chi connectivity index (χ0) is 17.7. The second-order valence-corrected chi connectivity index (χ2v) is 7.17. The Kier molecular flexibility index (Phi) is 3.26. The van der Waals surface area contributed by atoms with Crippen molar-refractivity contribution in [2.75, 3.05) is 0 Å². The monoisotopic (exact) mass is 358 g/mol. The van der Waals surface area contributed by atoms with Crippen LogP contribution in [0.15, 0.2) is 65.7 Å². The number of nitrogens with one attached hydrogen (secondary N) is 1. The van der Waals surface area contributed by atoms with E-state index in [2.05, 4.69) is 26.5 Å². The van der Waals surface area contributed by atoms with Crippen LogP contribution in [0.2, 0.25) is 0 Å². The second-order valence-electron chi connectivity index (χ2n) is 6.16. The van der Waals surface area contributed by atoms with Crippen molar-refractivity contribution < 1.29 is 0 Å². The highest BCUT2D eigenvalue weighted by Crippen LogP contribution is 2.34. The van der Waals surface area contributed by atoms with Gasteiger partial charge in [-0.25, -0.2) is 4.98 Å². The van der Waals surface area contributed by atoms with Gasteiger partial charge in [0.2, 0.25) is 0 Å². The molecule has 0 aliphatic rings. The van der Waals surface area contributed by atoms with E-state index in [-0.39, 0.29) is 4.87 Å². The van der Waals surface area contributed by atoms with Crippen LogP contribution in [0.25, 0.3) is 38.4 Å². The molecule has 0 atom stereocenters. The van der Waals surface area contributed by atoms with Gasteiger partial charge in [0.1, 0.15) is 0 Å². The highest BCUT2D eigenvalue weighted by molar-refractivity contribution is 7.16. The Morgan fingerprint density at radius 1 is 1.08 bits per heavy atom. The molecule has 3 heterocycles. The van der Waals surface area contributed by atoms with Crippen LogP contribution < -0.4 is 4.87 Å². The lowest BCUT2D eigenvalue weighted by atomic mass is 10.0. The Labute approximate surface area is 152 Å². The molecule has 0 radical (unpaired) electrons. The van der Waals surface area contributed by atoms with Crippen LogP contribution >= 0.6 is 11.3 Å². The van der Waals surface area contributed by atoms with Crippen molar-refractivity contribution in [3.05, 3.63) is 76.3 Å². The van der Waals surface area contributed by atoms with E-state index >= 15 is 0 Å². The molecule has 126 valence electrons. The van der Waals surface area contributed by atoms with Crippen LogP contribution in [0.1, 0.15) is 5.69 Å². The Bertz CT molecular complexity index is 1310. The molecule has 1 N–H and O–H groups in total. The molecule has 0 aliphatic carbocycles. The van der Waals surface area contributed by atoms with E-state index in [0.29, 0.717) is 0 Å². The molecule has 0 amide bonds. The highest BCUT2D eigenvalue weighted by Gasteiger charge is 2.17. The largest absolute Gasteiger partial charge is 0.312 e. The van der Waals surface area contributed by atoms with Gasteiger partial charge in [-0.15, -0.1) is 0 Å². The summed E-state index contributed by atoms with van der Waals surface area (Å²) in [5, 5.41) is 0. The summed E-state index contributed by atoms with van der Waals surface area (Å²) in [5.74, 6) is 0. The van der Waals surface area contributed by atoms with E-state index in [1.54, 1.807) is 6.20 Å². The molecule has 6 heteroatoms. The average Bonchev–Trinajstić information content (AvgIpc) is 3.20. The molecular formula is C20H14N4OS.